The normalized spacial score (nSPS) is 11.2. The highest BCUT2D eigenvalue weighted by Crippen LogP contribution is 2.28. The summed E-state index contributed by atoms with van der Waals surface area (Å²) in [6.45, 7) is 3.71. The van der Waals surface area contributed by atoms with Gasteiger partial charge in [0, 0.05) is 18.0 Å². The summed E-state index contributed by atoms with van der Waals surface area (Å²) in [7, 11) is -3.41. The van der Waals surface area contributed by atoms with Crippen molar-refractivity contribution in [3.63, 3.8) is 0 Å². The highest BCUT2D eigenvalue weighted by molar-refractivity contribution is 7.92. The van der Waals surface area contributed by atoms with Crippen LogP contribution in [0.1, 0.15) is 19.4 Å². The number of nitriles is 1. The molecule has 1 aromatic carbocycles. The van der Waals surface area contributed by atoms with E-state index in [-0.39, 0.29) is 11.7 Å². The van der Waals surface area contributed by atoms with Gasteiger partial charge < -0.3 is 0 Å². The summed E-state index contributed by atoms with van der Waals surface area (Å²) < 4.78 is 26.9. The van der Waals surface area contributed by atoms with Gasteiger partial charge in [0.15, 0.2) is 0 Å². The number of anilines is 1. The molecular weight excluding hydrogens is 298 g/mol. The lowest BCUT2D eigenvalue weighted by atomic mass is 10.0. The Bertz CT molecular complexity index is 791. The van der Waals surface area contributed by atoms with Crippen LogP contribution in [0.4, 0.5) is 5.69 Å². The first-order valence-electron chi connectivity index (χ1n) is 6.86. The van der Waals surface area contributed by atoms with E-state index < -0.39 is 10.0 Å². The number of hydrogen-bond acceptors (Lipinski definition) is 4. The van der Waals surface area contributed by atoms with Crippen molar-refractivity contribution in [1.82, 2.24) is 4.98 Å². The number of rotatable bonds is 5. The van der Waals surface area contributed by atoms with Crippen molar-refractivity contribution in [1.29, 1.82) is 5.26 Å². The number of hydrogen-bond donors (Lipinski definition) is 1. The molecule has 0 aliphatic heterocycles. The molecule has 0 aliphatic carbocycles. The number of nitrogens with one attached hydrogen (secondary N) is 1. The lowest BCUT2D eigenvalue weighted by molar-refractivity contribution is 0.587. The SMILES string of the molecule is CC(C)CS(=O)(=O)Nc1ccncc1-c1ccc(C#N)cc1. The Hall–Kier alpha value is -2.39. The number of benzene rings is 1. The van der Waals surface area contributed by atoms with E-state index >= 15 is 0 Å². The lowest BCUT2D eigenvalue weighted by Gasteiger charge is -2.13. The molecule has 0 saturated heterocycles. The Morgan fingerprint density at radius 1 is 1.23 bits per heavy atom. The van der Waals surface area contributed by atoms with Gasteiger partial charge in [-0.15, -0.1) is 0 Å². The van der Waals surface area contributed by atoms with Crippen molar-refractivity contribution in [3.8, 4) is 17.2 Å². The average Bonchev–Trinajstić information content (AvgIpc) is 2.46. The van der Waals surface area contributed by atoms with Crippen LogP contribution in [0.3, 0.4) is 0 Å². The first kappa shape index (κ1) is 16.0. The Balaban J connectivity index is 2.36. The molecule has 0 radical (unpaired) electrons. The fraction of sp³-hybridized carbons (Fsp3) is 0.250. The Labute approximate surface area is 130 Å². The van der Waals surface area contributed by atoms with E-state index in [0.717, 1.165) is 5.56 Å². The number of nitrogens with zero attached hydrogens (tertiary/aromatic N) is 2. The first-order chi connectivity index (χ1) is 10.4. The zero-order chi connectivity index (χ0) is 16.2. The van der Waals surface area contributed by atoms with Crippen molar-refractivity contribution in [2.75, 3.05) is 10.5 Å². The quantitative estimate of drug-likeness (QED) is 0.919. The van der Waals surface area contributed by atoms with Gasteiger partial charge in [0.25, 0.3) is 0 Å². The molecule has 6 heteroatoms. The molecule has 1 aromatic heterocycles. The molecule has 0 aliphatic rings. The molecule has 0 fully saturated rings. The smallest absolute Gasteiger partial charge is 0.232 e. The second kappa shape index (κ2) is 6.58. The summed E-state index contributed by atoms with van der Waals surface area (Å²) in [5.41, 5.74) is 2.52. The second-order valence-corrected chi connectivity index (χ2v) is 7.15. The molecule has 0 unspecified atom stereocenters. The van der Waals surface area contributed by atoms with Gasteiger partial charge in [0.1, 0.15) is 0 Å². The van der Waals surface area contributed by atoms with Crippen molar-refractivity contribution in [3.05, 3.63) is 48.3 Å². The maximum Gasteiger partial charge on any atom is 0.232 e. The zero-order valence-corrected chi connectivity index (χ0v) is 13.3. The number of aromatic nitrogens is 1. The molecule has 0 saturated carbocycles. The molecule has 0 spiro atoms. The molecule has 114 valence electrons. The first-order valence-corrected chi connectivity index (χ1v) is 8.51. The van der Waals surface area contributed by atoms with Gasteiger partial charge in [-0.1, -0.05) is 26.0 Å². The topological polar surface area (TPSA) is 82.8 Å². The summed E-state index contributed by atoms with van der Waals surface area (Å²) in [6.07, 6.45) is 3.15. The van der Waals surface area contributed by atoms with Crippen LogP contribution in [0, 0.1) is 17.2 Å². The molecule has 2 aromatic rings. The second-order valence-electron chi connectivity index (χ2n) is 5.39. The van der Waals surface area contributed by atoms with Crippen LogP contribution in [-0.2, 0) is 10.0 Å². The van der Waals surface area contributed by atoms with E-state index in [1.54, 1.807) is 42.7 Å². The van der Waals surface area contributed by atoms with Crippen LogP contribution in [-0.4, -0.2) is 19.2 Å². The zero-order valence-electron chi connectivity index (χ0n) is 12.4. The van der Waals surface area contributed by atoms with Crippen molar-refractivity contribution in [2.45, 2.75) is 13.8 Å². The molecule has 0 amide bonds. The molecule has 1 heterocycles. The minimum atomic E-state index is -3.41. The minimum Gasteiger partial charge on any atom is -0.283 e. The van der Waals surface area contributed by atoms with Gasteiger partial charge in [0.05, 0.1) is 23.1 Å². The maximum atomic E-state index is 12.1. The summed E-state index contributed by atoms with van der Waals surface area (Å²) >= 11 is 0. The largest absolute Gasteiger partial charge is 0.283 e. The summed E-state index contributed by atoms with van der Waals surface area (Å²) in [4.78, 5) is 4.06. The molecule has 2 rings (SSSR count). The van der Waals surface area contributed by atoms with E-state index in [9.17, 15) is 8.42 Å². The number of sulfonamides is 1. The van der Waals surface area contributed by atoms with Gasteiger partial charge in [-0.2, -0.15) is 5.26 Å². The van der Waals surface area contributed by atoms with Crippen LogP contribution in [0.2, 0.25) is 0 Å². The maximum absolute atomic E-state index is 12.1. The Morgan fingerprint density at radius 3 is 2.50 bits per heavy atom. The fourth-order valence-electron chi connectivity index (χ4n) is 2.09. The van der Waals surface area contributed by atoms with E-state index in [4.69, 9.17) is 5.26 Å². The third kappa shape index (κ3) is 4.06. The Morgan fingerprint density at radius 2 is 1.91 bits per heavy atom. The van der Waals surface area contributed by atoms with E-state index in [0.29, 0.717) is 16.8 Å². The van der Waals surface area contributed by atoms with Crippen molar-refractivity contribution < 1.29 is 8.42 Å². The fourth-order valence-corrected chi connectivity index (χ4v) is 3.56. The van der Waals surface area contributed by atoms with E-state index in [1.807, 2.05) is 13.8 Å². The van der Waals surface area contributed by atoms with Crippen LogP contribution < -0.4 is 4.72 Å². The highest BCUT2D eigenvalue weighted by Gasteiger charge is 2.15. The lowest BCUT2D eigenvalue weighted by Crippen LogP contribution is -2.20. The third-order valence-corrected chi connectivity index (χ3v) is 4.60. The molecule has 0 bridgehead atoms. The van der Waals surface area contributed by atoms with Gasteiger partial charge in [-0.25, -0.2) is 8.42 Å². The highest BCUT2D eigenvalue weighted by atomic mass is 32.2. The van der Waals surface area contributed by atoms with Gasteiger partial charge in [0.2, 0.25) is 10.0 Å². The molecule has 5 nitrogen and oxygen atoms in total. The molecular formula is C16H17N3O2S. The molecule has 1 N–H and O–H groups in total. The predicted octanol–water partition coefficient (Wildman–Crippen LogP) is 3.02. The van der Waals surface area contributed by atoms with Gasteiger partial charge in [-0.3, -0.25) is 9.71 Å². The standard InChI is InChI=1S/C16H17N3O2S/c1-12(2)11-22(20,21)19-16-7-8-18-10-15(16)14-5-3-13(9-17)4-6-14/h3-8,10,12H,11H2,1-2H3,(H,18,19). The Kier molecular flexibility index (Phi) is 4.78. The van der Waals surface area contributed by atoms with Crippen molar-refractivity contribution >= 4 is 15.7 Å². The van der Waals surface area contributed by atoms with E-state index in [2.05, 4.69) is 15.8 Å². The average molecular weight is 315 g/mol. The predicted molar refractivity (Wildman–Crippen MR) is 86.6 cm³/mol. The number of pyridine rings is 1. The summed E-state index contributed by atoms with van der Waals surface area (Å²) in [5.74, 6) is 0.0972. The summed E-state index contributed by atoms with van der Waals surface area (Å²) in [6, 6.07) is 10.6. The van der Waals surface area contributed by atoms with Crippen LogP contribution in [0.15, 0.2) is 42.7 Å². The van der Waals surface area contributed by atoms with Crippen LogP contribution in [0.25, 0.3) is 11.1 Å². The summed E-state index contributed by atoms with van der Waals surface area (Å²) in [5, 5.41) is 8.84. The molecule has 0 atom stereocenters. The van der Waals surface area contributed by atoms with Gasteiger partial charge in [-0.05, 0) is 29.7 Å². The van der Waals surface area contributed by atoms with Crippen molar-refractivity contribution in [2.24, 2.45) is 5.92 Å². The van der Waals surface area contributed by atoms with Crippen LogP contribution >= 0.6 is 0 Å². The van der Waals surface area contributed by atoms with Gasteiger partial charge >= 0.3 is 0 Å². The third-order valence-electron chi connectivity index (χ3n) is 2.96. The minimum absolute atomic E-state index is 0.0395. The van der Waals surface area contributed by atoms with E-state index in [1.165, 1.54) is 0 Å². The monoisotopic (exact) mass is 315 g/mol. The molecule has 22 heavy (non-hydrogen) atoms. The van der Waals surface area contributed by atoms with Crippen LogP contribution in [0.5, 0.6) is 0 Å².